The van der Waals surface area contributed by atoms with E-state index >= 15 is 0 Å². The molecule has 2 rings (SSSR count). The van der Waals surface area contributed by atoms with Gasteiger partial charge < -0.3 is 25.4 Å². The molecule has 21 heavy (non-hydrogen) atoms. The van der Waals surface area contributed by atoms with Gasteiger partial charge in [-0.3, -0.25) is 0 Å². The number of nitrogens with zero attached hydrogens (tertiary/aromatic N) is 2. The average Bonchev–Trinajstić information content (AvgIpc) is 2.93. The fourth-order valence-electron chi connectivity index (χ4n) is 1.66. The van der Waals surface area contributed by atoms with E-state index in [2.05, 4.69) is 15.3 Å². The summed E-state index contributed by atoms with van der Waals surface area (Å²) in [6.07, 6.45) is 3.23. The second-order valence-corrected chi connectivity index (χ2v) is 4.36. The van der Waals surface area contributed by atoms with Gasteiger partial charge in [-0.05, 0) is 18.2 Å². The van der Waals surface area contributed by atoms with Crippen molar-refractivity contribution in [3.8, 4) is 5.75 Å². The molecule has 8 nitrogen and oxygen atoms in total. The first-order valence-electron chi connectivity index (χ1n) is 6.04. The van der Waals surface area contributed by atoms with Crippen LogP contribution in [-0.4, -0.2) is 44.1 Å². The quantitative estimate of drug-likeness (QED) is 0.636. The minimum absolute atomic E-state index is 0.0607. The highest BCUT2D eigenvalue weighted by Crippen LogP contribution is 2.24. The lowest BCUT2D eigenvalue weighted by atomic mass is 10.2. The minimum Gasteiger partial charge on any atom is -0.506 e. The molecule has 110 valence electrons. The van der Waals surface area contributed by atoms with E-state index in [-0.39, 0.29) is 23.5 Å². The molecule has 0 aliphatic heterocycles. The number of rotatable bonds is 4. The number of phenolic OH excluding ortho intramolecular Hbond substituents is 1. The normalized spacial score (nSPS) is 10.1. The van der Waals surface area contributed by atoms with Crippen molar-refractivity contribution in [3.05, 3.63) is 42.0 Å². The second-order valence-electron chi connectivity index (χ2n) is 4.36. The molecule has 0 radical (unpaired) electrons. The predicted molar refractivity (Wildman–Crippen MR) is 74.1 cm³/mol. The maximum absolute atomic E-state index is 12.0. The number of carbonyl (C=O) groups excluding carboxylic acids is 1. The fraction of sp³-hybridized carbons (Fsp3) is 0.154. The summed E-state index contributed by atoms with van der Waals surface area (Å²) in [4.78, 5) is 30.9. The molecule has 0 saturated carbocycles. The minimum atomic E-state index is -1.15. The Balaban J connectivity index is 2.03. The van der Waals surface area contributed by atoms with E-state index in [9.17, 15) is 14.7 Å². The van der Waals surface area contributed by atoms with Crippen LogP contribution >= 0.6 is 0 Å². The number of nitrogens with one attached hydrogen (secondary N) is 2. The molecular weight excluding hydrogens is 276 g/mol. The van der Waals surface area contributed by atoms with E-state index in [4.69, 9.17) is 5.11 Å². The lowest BCUT2D eigenvalue weighted by Gasteiger charge is -2.17. The lowest BCUT2D eigenvalue weighted by molar-refractivity contribution is 0.0696. The monoisotopic (exact) mass is 290 g/mol. The number of hydrogen-bond acceptors (Lipinski definition) is 4. The third-order valence-electron chi connectivity index (χ3n) is 2.77. The van der Waals surface area contributed by atoms with Crippen LogP contribution in [0.2, 0.25) is 0 Å². The highest BCUT2D eigenvalue weighted by molar-refractivity contribution is 5.93. The number of carboxylic acid groups (broad SMARTS) is 1. The number of carboxylic acids is 1. The number of carbonyl (C=O) groups is 2. The Kier molecular flexibility index (Phi) is 4.07. The van der Waals surface area contributed by atoms with Crippen LogP contribution in [0.15, 0.2) is 30.6 Å². The first-order valence-corrected chi connectivity index (χ1v) is 6.04. The molecule has 8 heteroatoms. The van der Waals surface area contributed by atoms with Crippen LogP contribution in [0, 0.1) is 0 Å². The molecule has 0 aliphatic carbocycles. The number of aromatic amines is 1. The van der Waals surface area contributed by atoms with Gasteiger partial charge in [0.2, 0.25) is 0 Å². The van der Waals surface area contributed by atoms with E-state index in [1.54, 1.807) is 19.4 Å². The summed E-state index contributed by atoms with van der Waals surface area (Å²) < 4.78 is 0. The maximum Gasteiger partial charge on any atom is 0.335 e. The van der Waals surface area contributed by atoms with Crippen molar-refractivity contribution in [1.82, 2.24) is 14.9 Å². The van der Waals surface area contributed by atoms with E-state index in [0.29, 0.717) is 5.82 Å². The molecule has 2 aromatic rings. The van der Waals surface area contributed by atoms with Crippen LogP contribution in [0.4, 0.5) is 10.5 Å². The van der Waals surface area contributed by atoms with Gasteiger partial charge in [0.05, 0.1) is 17.8 Å². The smallest absolute Gasteiger partial charge is 0.335 e. The van der Waals surface area contributed by atoms with Gasteiger partial charge in [-0.2, -0.15) is 0 Å². The van der Waals surface area contributed by atoms with E-state index in [1.165, 1.54) is 17.0 Å². The molecular formula is C13H14N4O4. The van der Waals surface area contributed by atoms with Gasteiger partial charge in [0.15, 0.2) is 0 Å². The van der Waals surface area contributed by atoms with Crippen LogP contribution in [0.1, 0.15) is 16.2 Å². The Morgan fingerprint density at radius 1 is 1.43 bits per heavy atom. The molecule has 0 unspecified atom stereocenters. The summed E-state index contributed by atoms with van der Waals surface area (Å²) >= 11 is 0. The van der Waals surface area contributed by atoms with Gasteiger partial charge in [-0.25, -0.2) is 14.6 Å². The number of H-pyrrole nitrogens is 1. The SMILES string of the molecule is CN(Cc1ncc[nH]1)C(=O)Nc1ccc(C(=O)O)cc1O. The van der Waals surface area contributed by atoms with Gasteiger partial charge in [0.1, 0.15) is 11.6 Å². The number of hydrogen-bond donors (Lipinski definition) is 4. The van der Waals surface area contributed by atoms with Gasteiger partial charge in [-0.15, -0.1) is 0 Å². The molecule has 0 atom stereocenters. The summed E-state index contributed by atoms with van der Waals surface area (Å²) in [5.41, 5.74) is 0.0748. The summed E-state index contributed by atoms with van der Waals surface area (Å²) in [5, 5.41) is 21.0. The first kappa shape index (κ1) is 14.4. The molecule has 0 aliphatic rings. The zero-order valence-electron chi connectivity index (χ0n) is 11.2. The summed E-state index contributed by atoms with van der Waals surface area (Å²) in [6, 6.07) is 3.25. The highest BCUT2D eigenvalue weighted by Gasteiger charge is 2.14. The summed E-state index contributed by atoms with van der Waals surface area (Å²) in [6.45, 7) is 0.271. The molecule has 1 aromatic carbocycles. The number of amides is 2. The lowest BCUT2D eigenvalue weighted by Crippen LogP contribution is -2.31. The van der Waals surface area contributed by atoms with Crippen molar-refractivity contribution < 1.29 is 19.8 Å². The molecule has 0 spiro atoms. The van der Waals surface area contributed by atoms with Crippen LogP contribution < -0.4 is 5.32 Å². The number of phenols is 1. The average molecular weight is 290 g/mol. The van der Waals surface area contributed by atoms with Crippen molar-refractivity contribution in [3.63, 3.8) is 0 Å². The largest absolute Gasteiger partial charge is 0.506 e. The first-order chi connectivity index (χ1) is 9.97. The highest BCUT2D eigenvalue weighted by atomic mass is 16.4. The van der Waals surface area contributed by atoms with E-state index < -0.39 is 12.0 Å². The Bertz CT molecular complexity index is 654. The van der Waals surface area contributed by atoms with Crippen molar-refractivity contribution >= 4 is 17.7 Å². The predicted octanol–water partition coefficient (Wildman–Crippen LogP) is 1.48. The number of aromatic carboxylic acids is 1. The number of imidazole rings is 1. The second kappa shape index (κ2) is 5.95. The van der Waals surface area contributed by atoms with E-state index in [1.807, 2.05) is 0 Å². The van der Waals surface area contributed by atoms with Crippen LogP contribution in [0.5, 0.6) is 5.75 Å². The van der Waals surface area contributed by atoms with Gasteiger partial charge in [-0.1, -0.05) is 0 Å². The van der Waals surface area contributed by atoms with Crippen molar-refractivity contribution in [2.75, 3.05) is 12.4 Å². The molecule has 0 bridgehead atoms. The van der Waals surface area contributed by atoms with Gasteiger partial charge in [0.25, 0.3) is 0 Å². The Morgan fingerprint density at radius 2 is 2.19 bits per heavy atom. The van der Waals surface area contributed by atoms with E-state index in [0.717, 1.165) is 6.07 Å². The number of urea groups is 1. The molecule has 0 fully saturated rings. The molecule has 4 N–H and O–H groups in total. The molecule has 2 amide bonds. The van der Waals surface area contributed by atoms with Crippen LogP contribution in [0.25, 0.3) is 0 Å². The molecule has 1 aromatic heterocycles. The number of aromatic hydroxyl groups is 1. The zero-order chi connectivity index (χ0) is 15.4. The third-order valence-corrected chi connectivity index (χ3v) is 2.77. The number of anilines is 1. The Morgan fingerprint density at radius 3 is 2.76 bits per heavy atom. The van der Waals surface area contributed by atoms with Gasteiger partial charge in [0, 0.05) is 19.4 Å². The number of aromatic nitrogens is 2. The van der Waals surface area contributed by atoms with Gasteiger partial charge >= 0.3 is 12.0 Å². The van der Waals surface area contributed by atoms with Crippen LogP contribution in [0.3, 0.4) is 0 Å². The fourth-order valence-corrected chi connectivity index (χ4v) is 1.66. The topological polar surface area (TPSA) is 119 Å². The summed E-state index contributed by atoms with van der Waals surface area (Å²) in [7, 11) is 1.57. The Hall–Kier alpha value is -3.03. The number of benzene rings is 1. The molecule has 0 saturated heterocycles. The maximum atomic E-state index is 12.0. The van der Waals surface area contributed by atoms with Crippen LogP contribution in [-0.2, 0) is 6.54 Å². The zero-order valence-corrected chi connectivity index (χ0v) is 11.2. The van der Waals surface area contributed by atoms with Crippen molar-refractivity contribution in [1.29, 1.82) is 0 Å². The third kappa shape index (κ3) is 3.50. The van der Waals surface area contributed by atoms with Crippen molar-refractivity contribution in [2.45, 2.75) is 6.54 Å². The van der Waals surface area contributed by atoms with Crippen molar-refractivity contribution in [2.24, 2.45) is 0 Å². The summed E-state index contributed by atoms with van der Waals surface area (Å²) in [5.74, 6) is -0.842. The standard InChI is InChI=1S/C13H14N4O4/c1-17(7-11-14-4-5-15-11)13(21)16-9-3-2-8(12(19)20)6-10(9)18/h2-6,18H,7H2,1H3,(H,14,15)(H,16,21)(H,19,20). The molecule has 1 heterocycles. The Labute approximate surface area is 120 Å².